The highest BCUT2D eigenvalue weighted by atomic mass is 16.5. The summed E-state index contributed by atoms with van der Waals surface area (Å²) in [5.74, 6) is 0.696. The number of hydrogen-bond acceptors (Lipinski definition) is 5. The van der Waals surface area contributed by atoms with E-state index >= 15 is 0 Å². The van der Waals surface area contributed by atoms with Gasteiger partial charge in [-0.05, 0) is 54.4 Å². The Morgan fingerprint density at radius 2 is 1.88 bits per heavy atom. The van der Waals surface area contributed by atoms with Crippen LogP contribution in [0.1, 0.15) is 37.0 Å². The van der Waals surface area contributed by atoms with E-state index in [1.165, 1.54) is 12.1 Å². The number of fused-ring (bicyclic) bond motifs is 1. The molecule has 1 aliphatic heterocycles. The van der Waals surface area contributed by atoms with Crippen LogP contribution in [0.2, 0.25) is 0 Å². The SMILES string of the molecule is CC(C)CC(=O)N1C[C@@H](Oc2ccc3ncccc3c2)C[C@H]1COc1ccc(C(=O)O)cc1. The second kappa shape index (κ2) is 9.90. The second-order valence-corrected chi connectivity index (χ2v) is 8.77. The molecule has 7 heteroatoms. The van der Waals surface area contributed by atoms with Crippen LogP contribution < -0.4 is 9.47 Å². The molecule has 4 rings (SSSR count). The first-order chi connectivity index (χ1) is 15.9. The van der Waals surface area contributed by atoms with Crippen LogP contribution >= 0.6 is 0 Å². The molecular weight excluding hydrogens is 420 g/mol. The van der Waals surface area contributed by atoms with Gasteiger partial charge in [-0.2, -0.15) is 0 Å². The molecule has 0 saturated carbocycles. The van der Waals surface area contributed by atoms with Crippen LogP contribution in [0.5, 0.6) is 11.5 Å². The fourth-order valence-electron chi connectivity index (χ4n) is 4.09. The average molecular weight is 449 g/mol. The minimum atomic E-state index is -0.979. The molecule has 2 aromatic carbocycles. The summed E-state index contributed by atoms with van der Waals surface area (Å²) in [4.78, 5) is 30.2. The Morgan fingerprint density at radius 1 is 1.12 bits per heavy atom. The number of benzene rings is 2. The fraction of sp³-hybridized carbons (Fsp3) is 0.346. The number of ether oxygens (including phenoxy) is 2. The topological polar surface area (TPSA) is 89.0 Å². The third kappa shape index (κ3) is 5.61. The summed E-state index contributed by atoms with van der Waals surface area (Å²) in [7, 11) is 0. The van der Waals surface area contributed by atoms with Gasteiger partial charge in [-0.1, -0.05) is 19.9 Å². The fourth-order valence-corrected chi connectivity index (χ4v) is 4.09. The molecule has 0 bridgehead atoms. The van der Waals surface area contributed by atoms with Crippen molar-refractivity contribution in [2.24, 2.45) is 5.92 Å². The van der Waals surface area contributed by atoms with Crippen molar-refractivity contribution in [2.45, 2.75) is 38.8 Å². The van der Waals surface area contributed by atoms with Crippen LogP contribution in [0, 0.1) is 5.92 Å². The van der Waals surface area contributed by atoms with Crippen molar-refractivity contribution < 1.29 is 24.2 Å². The van der Waals surface area contributed by atoms with E-state index < -0.39 is 5.97 Å². The Labute approximate surface area is 193 Å². The first-order valence-corrected chi connectivity index (χ1v) is 11.2. The van der Waals surface area contributed by atoms with Gasteiger partial charge in [0.05, 0.1) is 23.7 Å². The Hall–Kier alpha value is -3.61. The zero-order chi connectivity index (χ0) is 23.4. The number of aromatic nitrogens is 1. The summed E-state index contributed by atoms with van der Waals surface area (Å²) in [6.45, 7) is 4.88. The van der Waals surface area contributed by atoms with E-state index in [1.807, 2.05) is 49.1 Å². The molecule has 1 amide bonds. The molecule has 2 heterocycles. The minimum absolute atomic E-state index is 0.0913. The van der Waals surface area contributed by atoms with Crippen LogP contribution in [-0.4, -0.2) is 52.2 Å². The maximum absolute atomic E-state index is 12.9. The lowest BCUT2D eigenvalue weighted by Crippen LogP contribution is -2.39. The van der Waals surface area contributed by atoms with Crippen LogP contribution in [0.25, 0.3) is 10.9 Å². The smallest absolute Gasteiger partial charge is 0.335 e. The number of rotatable bonds is 8. The molecule has 2 atom stereocenters. The monoisotopic (exact) mass is 448 g/mol. The number of carbonyl (C=O) groups excluding carboxylic acids is 1. The number of nitrogens with zero attached hydrogens (tertiary/aromatic N) is 2. The summed E-state index contributed by atoms with van der Waals surface area (Å²) in [6, 6.07) is 15.9. The van der Waals surface area contributed by atoms with E-state index in [1.54, 1.807) is 18.3 Å². The van der Waals surface area contributed by atoms with Crippen molar-refractivity contribution in [1.29, 1.82) is 0 Å². The van der Waals surface area contributed by atoms with Gasteiger partial charge in [0, 0.05) is 24.4 Å². The van der Waals surface area contributed by atoms with E-state index in [4.69, 9.17) is 14.6 Å². The molecule has 7 nitrogen and oxygen atoms in total. The summed E-state index contributed by atoms with van der Waals surface area (Å²) >= 11 is 0. The molecule has 1 aromatic heterocycles. The van der Waals surface area contributed by atoms with Crippen LogP contribution in [-0.2, 0) is 4.79 Å². The van der Waals surface area contributed by atoms with E-state index in [9.17, 15) is 9.59 Å². The average Bonchev–Trinajstić information content (AvgIpc) is 3.20. The molecule has 33 heavy (non-hydrogen) atoms. The number of likely N-dealkylation sites (tertiary alicyclic amines) is 1. The second-order valence-electron chi connectivity index (χ2n) is 8.77. The lowest BCUT2D eigenvalue weighted by Gasteiger charge is -2.25. The summed E-state index contributed by atoms with van der Waals surface area (Å²) < 4.78 is 12.2. The number of hydrogen-bond donors (Lipinski definition) is 1. The summed E-state index contributed by atoms with van der Waals surface area (Å²) in [5, 5.41) is 10.1. The number of carbonyl (C=O) groups is 2. The molecular formula is C26H28N2O5. The van der Waals surface area contributed by atoms with Crippen molar-refractivity contribution >= 4 is 22.8 Å². The van der Waals surface area contributed by atoms with Gasteiger partial charge in [0.25, 0.3) is 0 Å². The Morgan fingerprint density at radius 3 is 2.61 bits per heavy atom. The molecule has 0 aliphatic carbocycles. The predicted octanol–water partition coefficient (Wildman–Crippen LogP) is 4.41. The van der Waals surface area contributed by atoms with Gasteiger partial charge >= 0.3 is 5.97 Å². The highest BCUT2D eigenvalue weighted by molar-refractivity contribution is 5.87. The minimum Gasteiger partial charge on any atom is -0.491 e. The van der Waals surface area contributed by atoms with E-state index in [0.717, 1.165) is 16.7 Å². The van der Waals surface area contributed by atoms with Gasteiger partial charge in [-0.15, -0.1) is 0 Å². The van der Waals surface area contributed by atoms with E-state index in [0.29, 0.717) is 31.7 Å². The Kier molecular flexibility index (Phi) is 6.77. The number of amides is 1. The van der Waals surface area contributed by atoms with Crippen molar-refractivity contribution in [3.05, 3.63) is 66.4 Å². The third-order valence-electron chi connectivity index (χ3n) is 5.70. The largest absolute Gasteiger partial charge is 0.491 e. The molecule has 1 N–H and O–H groups in total. The zero-order valence-electron chi connectivity index (χ0n) is 18.8. The van der Waals surface area contributed by atoms with Crippen LogP contribution in [0.3, 0.4) is 0 Å². The normalized spacial score (nSPS) is 18.0. The molecule has 0 spiro atoms. The molecule has 0 radical (unpaired) electrons. The standard InChI is InChI=1S/C26H28N2O5/c1-17(2)12-25(29)28-15-23(33-22-9-10-24-19(13-22)4-3-11-27-24)14-20(28)16-32-21-7-5-18(6-8-21)26(30)31/h3-11,13,17,20,23H,12,14-16H2,1-2H3,(H,30,31)/t20-,23-/m0/s1. The molecule has 1 aliphatic rings. The Balaban J connectivity index is 1.44. The summed E-state index contributed by atoms with van der Waals surface area (Å²) in [5.41, 5.74) is 1.11. The Bertz CT molecular complexity index is 1130. The van der Waals surface area contributed by atoms with Gasteiger partial charge < -0.3 is 19.5 Å². The van der Waals surface area contributed by atoms with Gasteiger partial charge in [-0.25, -0.2) is 4.79 Å². The predicted molar refractivity (Wildman–Crippen MR) is 125 cm³/mol. The van der Waals surface area contributed by atoms with Crippen molar-refractivity contribution in [2.75, 3.05) is 13.2 Å². The van der Waals surface area contributed by atoms with Gasteiger partial charge in [0.1, 0.15) is 24.2 Å². The van der Waals surface area contributed by atoms with Crippen LogP contribution in [0.4, 0.5) is 0 Å². The van der Waals surface area contributed by atoms with Crippen LogP contribution in [0.15, 0.2) is 60.8 Å². The zero-order valence-corrected chi connectivity index (χ0v) is 18.8. The van der Waals surface area contributed by atoms with Crippen molar-refractivity contribution in [3.63, 3.8) is 0 Å². The number of pyridine rings is 1. The van der Waals surface area contributed by atoms with Gasteiger partial charge in [-0.3, -0.25) is 9.78 Å². The van der Waals surface area contributed by atoms with E-state index in [-0.39, 0.29) is 29.5 Å². The first kappa shape index (κ1) is 22.6. The summed E-state index contributed by atoms with van der Waals surface area (Å²) in [6.07, 6.45) is 2.75. The van der Waals surface area contributed by atoms with Gasteiger partial charge in [0.15, 0.2) is 0 Å². The quantitative estimate of drug-likeness (QED) is 0.549. The maximum Gasteiger partial charge on any atom is 0.335 e. The maximum atomic E-state index is 12.9. The van der Waals surface area contributed by atoms with Crippen molar-refractivity contribution in [3.8, 4) is 11.5 Å². The first-order valence-electron chi connectivity index (χ1n) is 11.2. The lowest BCUT2D eigenvalue weighted by molar-refractivity contribution is -0.133. The lowest BCUT2D eigenvalue weighted by atomic mass is 10.1. The highest BCUT2D eigenvalue weighted by Gasteiger charge is 2.37. The number of carboxylic acids is 1. The highest BCUT2D eigenvalue weighted by Crippen LogP contribution is 2.27. The van der Waals surface area contributed by atoms with Gasteiger partial charge in [0.2, 0.25) is 5.91 Å². The molecule has 0 unspecified atom stereocenters. The molecule has 172 valence electrons. The van der Waals surface area contributed by atoms with E-state index in [2.05, 4.69) is 4.98 Å². The number of aromatic carboxylic acids is 1. The molecule has 3 aromatic rings. The molecule has 1 fully saturated rings. The third-order valence-corrected chi connectivity index (χ3v) is 5.70. The van der Waals surface area contributed by atoms with Crippen molar-refractivity contribution in [1.82, 2.24) is 9.88 Å². The number of carboxylic acid groups (broad SMARTS) is 1. The molecule has 1 saturated heterocycles.